The topological polar surface area (TPSA) is 37.3 Å². The normalized spacial score (nSPS) is 9.19. The molecule has 21 heavy (non-hydrogen) atoms. The van der Waals surface area contributed by atoms with Crippen LogP contribution in [0.2, 0.25) is 0 Å². The van der Waals surface area contributed by atoms with Crippen molar-refractivity contribution in [3.05, 3.63) is 0 Å². The Bertz CT molecular complexity index is 143. The third-order valence-corrected chi connectivity index (χ3v) is 3.22. The minimum Gasteiger partial charge on any atom is -0.481 e. The summed E-state index contributed by atoms with van der Waals surface area (Å²) in [5.41, 5.74) is 0. The molecular formula is C19H42O2. The molecule has 0 aromatic heterocycles. The molecular weight excluding hydrogens is 260 g/mol. The maximum atomic E-state index is 9.37. The number of hydrogen-bond donors (Lipinski definition) is 1. The van der Waals surface area contributed by atoms with E-state index in [0.717, 1.165) is 0 Å². The zero-order chi connectivity index (χ0) is 16.8. The van der Waals surface area contributed by atoms with E-state index >= 15 is 0 Å². The Labute approximate surface area is 134 Å². The van der Waals surface area contributed by atoms with Gasteiger partial charge in [-0.25, -0.2) is 0 Å². The number of carbonyl (C=O) groups is 1. The lowest BCUT2D eigenvalue weighted by Crippen LogP contribution is -1.86. The van der Waals surface area contributed by atoms with Gasteiger partial charge in [-0.3, -0.25) is 4.79 Å². The van der Waals surface area contributed by atoms with Gasteiger partial charge in [-0.05, 0) is 0 Å². The molecule has 0 aliphatic heterocycles. The zero-order valence-electron chi connectivity index (χ0n) is 15.5. The molecule has 0 aliphatic rings. The highest BCUT2D eigenvalue weighted by Gasteiger charge is 1.84. The van der Waals surface area contributed by atoms with Crippen LogP contribution in [0.1, 0.15) is 118 Å². The molecule has 0 saturated carbocycles. The second-order valence-corrected chi connectivity index (χ2v) is 5.58. The molecule has 1 N–H and O–H groups in total. The molecule has 0 amide bonds. The lowest BCUT2D eigenvalue weighted by atomic mass is 10.1. The Hall–Kier alpha value is -0.530. The predicted octanol–water partition coefficient (Wildman–Crippen LogP) is 7.21. The van der Waals surface area contributed by atoms with Crippen molar-refractivity contribution in [2.24, 2.45) is 0 Å². The molecule has 2 heteroatoms. The van der Waals surface area contributed by atoms with Crippen LogP contribution in [0.15, 0.2) is 0 Å². The molecule has 130 valence electrons. The maximum Gasteiger partial charge on any atom is 0.303 e. The van der Waals surface area contributed by atoms with Gasteiger partial charge in [0.2, 0.25) is 0 Å². The van der Waals surface area contributed by atoms with Crippen molar-refractivity contribution in [3.8, 4) is 0 Å². The van der Waals surface area contributed by atoms with Crippen molar-refractivity contribution in [2.75, 3.05) is 0 Å². The van der Waals surface area contributed by atoms with Gasteiger partial charge in [-0.2, -0.15) is 0 Å². The molecule has 0 rings (SSSR count). The Balaban J connectivity index is -0.000000239. The standard InChI is InChI=1S/2C8H18.C3H6O2/c2*1-3-5-7-8-6-4-2;1-2-3(4)5/h2*3-8H2,1-2H3;2H2,1H3,(H,4,5). The van der Waals surface area contributed by atoms with E-state index in [-0.39, 0.29) is 6.42 Å². The van der Waals surface area contributed by atoms with Gasteiger partial charge in [0.15, 0.2) is 0 Å². The largest absolute Gasteiger partial charge is 0.481 e. The van der Waals surface area contributed by atoms with Crippen LogP contribution in [0.5, 0.6) is 0 Å². The number of carboxylic acids is 1. The van der Waals surface area contributed by atoms with E-state index in [0.29, 0.717) is 0 Å². The molecule has 0 saturated heterocycles. The third-order valence-electron chi connectivity index (χ3n) is 3.22. The summed E-state index contributed by atoms with van der Waals surface area (Å²) in [5, 5.41) is 7.72. The van der Waals surface area contributed by atoms with Crippen LogP contribution in [0, 0.1) is 0 Å². The number of hydrogen-bond acceptors (Lipinski definition) is 1. The quantitative estimate of drug-likeness (QED) is 0.409. The number of aliphatic carboxylic acids is 1. The second-order valence-electron chi connectivity index (χ2n) is 5.58. The van der Waals surface area contributed by atoms with Gasteiger partial charge in [0.1, 0.15) is 0 Å². The van der Waals surface area contributed by atoms with Crippen molar-refractivity contribution in [2.45, 2.75) is 118 Å². The van der Waals surface area contributed by atoms with Crippen molar-refractivity contribution in [1.29, 1.82) is 0 Å². The Kier molecular flexibility index (Phi) is 33.6. The van der Waals surface area contributed by atoms with Gasteiger partial charge < -0.3 is 5.11 Å². The fourth-order valence-corrected chi connectivity index (χ4v) is 1.71. The molecule has 0 aliphatic carbocycles. The van der Waals surface area contributed by atoms with Crippen molar-refractivity contribution in [1.82, 2.24) is 0 Å². The highest BCUT2D eigenvalue weighted by molar-refractivity contribution is 5.66. The van der Waals surface area contributed by atoms with Crippen molar-refractivity contribution >= 4 is 5.97 Å². The van der Waals surface area contributed by atoms with Crippen molar-refractivity contribution in [3.63, 3.8) is 0 Å². The van der Waals surface area contributed by atoms with Gasteiger partial charge in [-0.1, -0.05) is 112 Å². The first-order valence-electron chi connectivity index (χ1n) is 9.32. The van der Waals surface area contributed by atoms with Gasteiger partial charge in [0.25, 0.3) is 0 Å². The first kappa shape index (κ1) is 25.4. The maximum absolute atomic E-state index is 9.37. The summed E-state index contributed by atoms with van der Waals surface area (Å²) in [6.45, 7) is 10.6. The van der Waals surface area contributed by atoms with Crippen LogP contribution in [0.25, 0.3) is 0 Å². The summed E-state index contributed by atoms with van der Waals surface area (Å²) in [5.74, 6) is -0.745. The zero-order valence-corrected chi connectivity index (χ0v) is 15.5. The Morgan fingerprint density at radius 2 is 0.762 bits per heavy atom. The summed E-state index contributed by atoms with van der Waals surface area (Å²) >= 11 is 0. The average Bonchev–Trinajstić information content (AvgIpc) is 2.49. The summed E-state index contributed by atoms with van der Waals surface area (Å²) in [6.07, 6.45) is 17.2. The fraction of sp³-hybridized carbons (Fsp3) is 0.947. The van der Waals surface area contributed by atoms with Crippen LogP contribution in [0.3, 0.4) is 0 Å². The predicted molar refractivity (Wildman–Crippen MR) is 96.0 cm³/mol. The van der Waals surface area contributed by atoms with Gasteiger partial charge in [0, 0.05) is 6.42 Å². The van der Waals surface area contributed by atoms with E-state index in [2.05, 4.69) is 27.7 Å². The SMILES string of the molecule is CCC(=O)O.CCCCCCCC.CCCCCCCC. The molecule has 0 unspecified atom stereocenters. The molecule has 2 nitrogen and oxygen atoms in total. The number of carboxylic acid groups (broad SMARTS) is 1. The molecule has 0 fully saturated rings. The minimum atomic E-state index is -0.745. The second kappa shape index (κ2) is 27.8. The van der Waals surface area contributed by atoms with Crippen LogP contribution in [-0.4, -0.2) is 11.1 Å². The Morgan fingerprint density at radius 3 is 0.857 bits per heavy atom. The number of unbranched alkanes of at least 4 members (excludes halogenated alkanes) is 10. The number of rotatable bonds is 11. The minimum absolute atomic E-state index is 0.222. The Morgan fingerprint density at radius 1 is 0.571 bits per heavy atom. The van der Waals surface area contributed by atoms with Crippen LogP contribution < -0.4 is 0 Å². The monoisotopic (exact) mass is 302 g/mol. The van der Waals surface area contributed by atoms with Gasteiger partial charge in [0.05, 0.1) is 0 Å². The van der Waals surface area contributed by atoms with Crippen LogP contribution in [-0.2, 0) is 4.79 Å². The highest BCUT2D eigenvalue weighted by atomic mass is 16.4. The molecule has 0 spiro atoms. The van der Waals surface area contributed by atoms with Crippen molar-refractivity contribution < 1.29 is 9.90 Å². The smallest absolute Gasteiger partial charge is 0.303 e. The first-order chi connectivity index (χ1) is 10.1. The third kappa shape index (κ3) is 45.2. The first-order valence-corrected chi connectivity index (χ1v) is 9.32. The molecule has 0 radical (unpaired) electrons. The van der Waals surface area contributed by atoms with Crippen LogP contribution in [0.4, 0.5) is 0 Å². The van der Waals surface area contributed by atoms with E-state index in [1.165, 1.54) is 77.0 Å². The summed E-state index contributed by atoms with van der Waals surface area (Å²) in [6, 6.07) is 0. The van der Waals surface area contributed by atoms with E-state index < -0.39 is 5.97 Å². The van der Waals surface area contributed by atoms with Gasteiger partial charge in [-0.15, -0.1) is 0 Å². The summed E-state index contributed by atoms with van der Waals surface area (Å²) in [4.78, 5) is 9.37. The molecule has 0 aromatic rings. The molecule has 0 aromatic carbocycles. The highest BCUT2D eigenvalue weighted by Crippen LogP contribution is 2.04. The molecule has 0 heterocycles. The average molecular weight is 303 g/mol. The van der Waals surface area contributed by atoms with E-state index in [1.807, 2.05) is 0 Å². The van der Waals surface area contributed by atoms with E-state index in [4.69, 9.17) is 5.11 Å². The molecule has 0 atom stereocenters. The van der Waals surface area contributed by atoms with E-state index in [9.17, 15) is 4.79 Å². The lowest BCUT2D eigenvalue weighted by molar-refractivity contribution is -0.136. The lowest BCUT2D eigenvalue weighted by Gasteiger charge is -1.93. The van der Waals surface area contributed by atoms with Gasteiger partial charge >= 0.3 is 5.97 Å². The molecule has 0 bridgehead atoms. The summed E-state index contributed by atoms with van der Waals surface area (Å²) in [7, 11) is 0. The van der Waals surface area contributed by atoms with E-state index in [1.54, 1.807) is 6.92 Å². The fourth-order valence-electron chi connectivity index (χ4n) is 1.71. The summed E-state index contributed by atoms with van der Waals surface area (Å²) < 4.78 is 0. The van der Waals surface area contributed by atoms with Crippen LogP contribution >= 0.6 is 0 Å².